The molecule has 0 amide bonds. The van der Waals surface area contributed by atoms with Crippen LogP contribution in [-0.2, 0) is 6.54 Å². The third kappa shape index (κ3) is 2.85. The highest BCUT2D eigenvalue weighted by molar-refractivity contribution is 14.1. The van der Waals surface area contributed by atoms with Crippen LogP contribution in [0.2, 0.25) is 0 Å². The molecule has 0 aliphatic heterocycles. The Morgan fingerprint density at radius 3 is 2.40 bits per heavy atom. The lowest BCUT2D eigenvalue weighted by Crippen LogP contribution is -2.00. The summed E-state index contributed by atoms with van der Waals surface area (Å²) in [4.78, 5) is 0. The van der Waals surface area contributed by atoms with Gasteiger partial charge in [0.2, 0.25) is 0 Å². The summed E-state index contributed by atoms with van der Waals surface area (Å²) < 4.78 is 3.09. The Hall–Kier alpha value is -1.82. The van der Waals surface area contributed by atoms with Gasteiger partial charge in [-0.05, 0) is 40.3 Å². The Morgan fingerprint density at radius 2 is 1.70 bits per heavy atom. The molecule has 0 bridgehead atoms. The van der Waals surface area contributed by atoms with Crippen LogP contribution < -0.4 is 5.73 Å². The van der Waals surface area contributed by atoms with Crippen LogP contribution in [0.1, 0.15) is 5.56 Å². The van der Waals surface area contributed by atoms with E-state index < -0.39 is 0 Å². The van der Waals surface area contributed by atoms with Crippen LogP contribution in [0.5, 0.6) is 0 Å². The first-order chi connectivity index (χ1) is 9.72. The molecule has 0 fully saturated rings. The van der Waals surface area contributed by atoms with Crippen molar-refractivity contribution in [3.8, 4) is 11.3 Å². The van der Waals surface area contributed by atoms with Crippen molar-refractivity contribution >= 4 is 28.3 Å². The fraction of sp³-hybridized carbons (Fsp3) is 0.0625. The van der Waals surface area contributed by atoms with Crippen molar-refractivity contribution in [2.24, 2.45) is 0 Å². The van der Waals surface area contributed by atoms with Gasteiger partial charge in [0, 0.05) is 15.3 Å². The summed E-state index contributed by atoms with van der Waals surface area (Å²) in [5.74, 6) is 0. The van der Waals surface area contributed by atoms with Crippen molar-refractivity contribution in [3.05, 3.63) is 69.9 Å². The molecule has 0 saturated carbocycles. The Morgan fingerprint density at radius 1 is 1.00 bits per heavy atom. The number of rotatable bonds is 3. The fourth-order valence-corrected chi connectivity index (χ4v) is 2.48. The Balaban J connectivity index is 1.89. The van der Waals surface area contributed by atoms with Crippen LogP contribution in [0.25, 0.3) is 11.3 Å². The van der Waals surface area contributed by atoms with Crippen molar-refractivity contribution in [3.63, 3.8) is 0 Å². The topological polar surface area (TPSA) is 43.8 Å². The fourth-order valence-electron chi connectivity index (χ4n) is 2.12. The first kappa shape index (κ1) is 13.2. The zero-order valence-electron chi connectivity index (χ0n) is 10.8. The van der Waals surface area contributed by atoms with E-state index in [1.807, 2.05) is 41.2 Å². The molecule has 0 saturated heterocycles. The van der Waals surface area contributed by atoms with Gasteiger partial charge < -0.3 is 5.73 Å². The van der Waals surface area contributed by atoms with Crippen LogP contribution in [-0.4, -0.2) is 9.78 Å². The smallest absolute Gasteiger partial charge is 0.115 e. The van der Waals surface area contributed by atoms with Gasteiger partial charge in [-0.2, -0.15) is 5.10 Å². The van der Waals surface area contributed by atoms with Crippen LogP contribution in [0.4, 0.5) is 5.69 Å². The van der Waals surface area contributed by atoms with E-state index in [9.17, 15) is 0 Å². The van der Waals surface area contributed by atoms with Crippen LogP contribution in [0.15, 0.2) is 60.8 Å². The third-order valence-corrected chi connectivity index (χ3v) is 3.81. The molecule has 4 heteroatoms. The van der Waals surface area contributed by atoms with Gasteiger partial charge >= 0.3 is 0 Å². The van der Waals surface area contributed by atoms with Crippen LogP contribution in [0.3, 0.4) is 0 Å². The van der Waals surface area contributed by atoms with Gasteiger partial charge in [0.25, 0.3) is 0 Å². The minimum Gasteiger partial charge on any atom is -0.396 e. The van der Waals surface area contributed by atoms with Crippen molar-refractivity contribution in [2.75, 3.05) is 5.73 Å². The number of hydrogen-bond acceptors (Lipinski definition) is 2. The van der Waals surface area contributed by atoms with E-state index in [1.54, 1.807) is 0 Å². The number of benzene rings is 2. The van der Waals surface area contributed by atoms with Crippen LogP contribution in [0, 0.1) is 3.57 Å². The summed E-state index contributed by atoms with van der Waals surface area (Å²) in [6.07, 6.45) is 1.89. The molecular weight excluding hydrogens is 361 g/mol. The van der Waals surface area contributed by atoms with E-state index >= 15 is 0 Å². The molecule has 0 unspecified atom stereocenters. The summed E-state index contributed by atoms with van der Waals surface area (Å²) in [6, 6.07) is 18.5. The predicted octanol–water partition coefficient (Wildman–Crippen LogP) is 3.79. The van der Waals surface area contributed by atoms with E-state index in [0.717, 1.165) is 17.8 Å². The zero-order valence-corrected chi connectivity index (χ0v) is 13.0. The molecule has 3 aromatic rings. The number of halogens is 1. The predicted molar refractivity (Wildman–Crippen MR) is 90.3 cm³/mol. The van der Waals surface area contributed by atoms with Crippen molar-refractivity contribution < 1.29 is 0 Å². The first-order valence-electron chi connectivity index (χ1n) is 6.35. The highest BCUT2D eigenvalue weighted by Gasteiger charge is 2.08. The normalized spacial score (nSPS) is 10.7. The molecule has 3 rings (SSSR count). The molecule has 2 aromatic carbocycles. The van der Waals surface area contributed by atoms with Gasteiger partial charge in [-0.15, -0.1) is 0 Å². The lowest BCUT2D eigenvalue weighted by atomic mass is 10.1. The van der Waals surface area contributed by atoms with Crippen LogP contribution >= 0.6 is 22.6 Å². The molecule has 3 nitrogen and oxygen atoms in total. The monoisotopic (exact) mass is 375 g/mol. The lowest BCUT2D eigenvalue weighted by Gasteiger charge is -2.01. The number of nitrogens with two attached hydrogens (primary N) is 1. The second-order valence-electron chi connectivity index (χ2n) is 4.62. The molecule has 20 heavy (non-hydrogen) atoms. The third-order valence-electron chi connectivity index (χ3n) is 3.10. The number of nitrogens with zero attached hydrogens (tertiary/aromatic N) is 2. The van der Waals surface area contributed by atoms with Gasteiger partial charge in [-0.1, -0.05) is 42.5 Å². The molecule has 0 atom stereocenters. The molecule has 100 valence electrons. The first-order valence-corrected chi connectivity index (χ1v) is 7.43. The maximum Gasteiger partial charge on any atom is 0.115 e. The molecule has 0 aliphatic carbocycles. The Bertz CT molecular complexity index is 702. The van der Waals surface area contributed by atoms with Gasteiger partial charge in [-0.25, -0.2) is 0 Å². The number of nitrogen functional groups attached to an aromatic ring is 1. The molecule has 0 aliphatic rings. The standard InChI is InChI=1S/C16H14IN3/c17-14-8-6-13(7-9-14)16-15(18)11-20(19-16)10-12-4-2-1-3-5-12/h1-9,11H,10,18H2. The van der Waals surface area contributed by atoms with Crippen molar-refractivity contribution in [2.45, 2.75) is 6.54 Å². The Labute approximate surface area is 131 Å². The second kappa shape index (κ2) is 5.66. The van der Waals surface area contributed by atoms with E-state index in [2.05, 4.69) is 52.0 Å². The largest absolute Gasteiger partial charge is 0.396 e. The van der Waals surface area contributed by atoms with E-state index in [4.69, 9.17) is 5.73 Å². The van der Waals surface area contributed by atoms with Gasteiger partial charge in [0.1, 0.15) is 5.69 Å². The van der Waals surface area contributed by atoms with E-state index in [0.29, 0.717) is 5.69 Å². The molecule has 0 radical (unpaired) electrons. The van der Waals surface area contributed by atoms with E-state index in [1.165, 1.54) is 9.13 Å². The van der Waals surface area contributed by atoms with Crippen molar-refractivity contribution in [1.82, 2.24) is 9.78 Å². The molecule has 2 N–H and O–H groups in total. The number of anilines is 1. The maximum absolute atomic E-state index is 6.08. The summed E-state index contributed by atoms with van der Waals surface area (Å²) >= 11 is 2.29. The molecule has 1 heterocycles. The van der Waals surface area contributed by atoms with Gasteiger partial charge in [0.15, 0.2) is 0 Å². The summed E-state index contributed by atoms with van der Waals surface area (Å²) in [5, 5.41) is 4.59. The number of aromatic nitrogens is 2. The summed E-state index contributed by atoms with van der Waals surface area (Å²) in [6.45, 7) is 0.732. The highest BCUT2D eigenvalue weighted by atomic mass is 127. The molecule has 0 spiro atoms. The average Bonchev–Trinajstić information content (AvgIpc) is 2.81. The summed E-state index contributed by atoms with van der Waals surface area (Å²) in [5.41, 5.74) is 9.90. The van der Waals surface area contributed by atoms with Gasteiger partial charge in [-0.3, -0.25) is 4.68 Å². The highest BCUT2D eigenvalue weighted by Crippen LogP contribution is 2.24. The molecule has 1 aromatic heterocycles. The molecular formula is C16H14IN3. The summed E-state index contributed by atoms with van der Waals surface area (Å²) in [7, 11) is 0. The van der Waals surface area contributed by atoms with Gasteiger partial charge in [0.05, 0.1) is 12.2 Å². The minimum atomic E-state index is 0.710. The average molecular weight is 375 g/mol. The maximum atomic E-state index is 6.08. The number of hydrogen-bond donors (Lipinski definition) is 1. The lowest BCUT2D eigenvalue weighted by molar-refractivity contribution is 0.689. The zero-order chi connectivity index (χ0) is 13.9. The minimum absolute atomic E-state index is 0.710. The van der Waals surface area contributed by atoms with Crippen molar-refractivity contribution in [1.29, 1.82) is 0 Å². The quantitative estimate of drug-likeness (QED) is 0.708. The van der Waals surface area contributed by atoms with E-state index in [-0.39, 0.29) is 0 Å². The Kier molecular flexibility index (Phi) is 3.73. The SMILES string of the molecule is Nc1cn(Cc2ccccc2)nc1-c1ccc(I)cc1. The second-order valence-corrected chi connectivity index (χ2v) is 5.87.